The maximum atomic E-state index is 5.97. The molecule has 0 N–H and O–H groups in total. The van der Waals surface area contributed by atoms with Crippen LogP contribution in [0.4, 0.5) is 0 Å². The predicted octanol–water partition coefficient (Wildman–Crippen LogP) is 3.41. The zero-order valence-corrected chi connectivity index (χ0v) is 16.5. The van der Waals surface area contributed by atoms with Crippen LogP contribution in [0.2, 0.25) is 5.02 Å². The van der Waals surface area contributed by atoms with E-state index < -0.39 is 0 Å². The van der Waals surface area contributed by atoms with Gasteiger partial charge in [0, 0.05) is 55.4 Å². The van der Waals surface area contributed by atoms with Gasteiger partial charge in [0.2, 0.25) is 5.88 Å². The molecule has 2 aromatic heterocycles. The molecule has 0 saturated heterocycles. The van der Waals surface area contributed by atoms with Crippen molar-refractivity contribution in [2.75, 3.05) is 13.7 Å². The van der Waals surface area contributed by atoms with Crippen molar-refractivity contribution in [3.63, 3.8) is 0 Å². The minimum atomic E-state index is 0.716. The zero-order chi connectivity index (χ0) is 19.0. The Bertz CT molecular complexity index is 967. The second-order valence-corrected chi connectivity index (χ2v) is 7.27. The van der Waals surface area contributed by atoms with E-state index in [0.717, 1.165) is 60.3 Å². The van der Waals surface area contributed by atoms with Gasteiger partial charge in [-0.2, -0.15) is 5.10 Å². The second kappa shape index (κ2) is 7.29. The summed E-state index contributed by atoms with van der Waals surface area (Å²) in [6.45, 7) is 4.60. The van der Waals surface area contributed by atoms with Gasteiger partial charge in [-0.05, 0) is 31.2 Å². The number of aromatic nitrogens is 4. The lowest BCUT2D eigenvalue weighted by molar-refractivity contribution is 0.238. The summed E-state index contributed by atoms with van der Waals surface area (Å²) in [6.07, 6.45) is 2.85. The van der Waals surface area contributed by atoms with Gasteiger partial charge in [0.05, 0.1) is 24.1 Å². The quantitative estimate of drug-likeness (QED) is 0.691. The molecule has 4 rings (SSSR count). The van der Waals surface area contributed by atoms with E-state index in [4.69, 9.17) is 21.3 Å². The normalized spacial score (nSPS) is 14.2. The molecule has 0 bridgehead atoms. The van der Waals surface area contributed by atoms with Gasteiger partial charge in [-0.3, -0.25) is 4.90 Å². The highest BCUT2D eigenvalue weighted by Crippen LogP contribution is 2.27. The monoisotopic (exact) mass is 383 g/mol. The lowest BCUT2D eigenvalue weighted by Crippen LogP contribution is -2.31. The Morgan fingerprint density at radius 3 is 2.74 bits per heavy atom. The van der Waals surface area contributed by atoms with E-state index >= 15 is 0 Å². The first-order valence-corrected chi connectivity index (χ1v) is 9.32. The Balaban J connectivity index is 1.53. The van der Waals surface area contributed by atoms with Crippen molar-refractivity contribution in [1.29, 1.82) is 0 Å². The predicted molar refractivity (Wildman–Crippen MR) is 105 cm³/mol. The van der Waals surface area contributed by atoms with Gasteiger partial charge in [-0.25, -0.2) is 14.6 Å². The van der Waals surface area contributed by atoms with Crippen molar-refractivity contribution < 1.29 is 4.74 Å². The summed E-state index contributed by atoms with van der Waals surface area (Å²) >= 11 is 5.97. The fourth-order valence-corrected chi connectivity index (χ4v) is 3.72. The van der Waals surface area contributed by atoms with E-state index in [1.807, 2.05) is 44.4 Å². The lowest BCUT2D eigenvalue weighted by Gasteiger charge is -2.28. The number of hydrogen-bond donors (Lipinski definition) is 0. The molecule has 0 fully saturated rings. The van der Waals surface area contributed by atoms with Gasteiger partial charge >= 0.3 is 0 Å². The second-order valence-electron chi connectivity index (χ2n) is 6.83. The molecule has 0 amide bonds. The summed E-state index contributed by atoms with van der Waals surface area (Å²) < 4.78 is 7.32. The molecular weight excluding hydrogens is 362 g/mol. The third-order valence-corrected chi connectivity index (χ3v) is 5.23. The van der Waals surface area contributed by atoms with Crippen molar-refractivity contribution in [2.24, 2.45) is 7.05 Å². The van der Waals surface area contributed by atoms with Gasteiger partial charge in [-0.1, -0.05) is 11.6 Å². The molecule has 1 aliphatic rings. The van der Waals surface area contributed by atoms with Crippen LogP contribution in [0.3, 0.4) is 0 Å². The Hall–Kier alpha value is -2.44. The van der Waals surface area contributed by atoms with Crippen LogP contribution in [0.1, 0.15) is 22.5 Å². The molecule has 6 nitrogen and oxygen atoms in total. The van der Waals surface area contributed by atoms with Gasteiger partial charge in [0.1, 0.15) is 0 Å². The summed E-state index contributed by atoms with van der Waals surface area (Å²) in [4.78, 5) is 11.7. The molecule has 1 aromatic carbocycles. The summed E-state index contributed by atoms with van der Waals surface area (Å²) in [6, 6.07) is 7.64. The highest BCUT2D eigenvalue weighted by molar-refractivity contribution is 6.30. The van der Waals surface area contributed by atoms with Crippen LogP contribution in [0.15, 0.2) is 30.5 Å². The molecule has 27 heavy (non-hydrogen) atoms. The Morgan fingerprint density at radius 1 is 1.22 bits per heavy atom. The van der Waals surface area contributed by atoms with Crippen LogP contribution in [0, 0.1) is 6.92 Å². The molecule has 3 heterocycles. The molecule has 0 unspecified atom stereocenters. The molecule has 0 radical (unpaired) electrons. The first kappa shape index (κ1) is 17.9. The molecule has 0 aliphatic carbocycles. The van der Waals surface area contributed by atoms with Gasteiger partial charge in [-0.15, -0.1) is 0 Å². The Kier molecular flexibility index (Phi) is 4.85. The maximum absolute atomic E-state index is 5.97. The average molecular weight is 384 g/mol. The third-order valence-electron chi connectivity index (χ3n) is 4.98. The molecule has 140 valence electrons. The van der Waals surface area contributed by atoms with Gasteiger partial charge in [0.15, 0.2) is 5.82 Å². The van der Waals surface area contributed by atoms with E-state index in [1.54, 1.807) is 11.8 Å². The van der Waals surface area contributed by atoms with Gasteiger partial charge in [0.25, 0.3) is 0 Å². The maximum Gasteiger partial charge on any atom is 0.216 e. The third kappa shape index (κ3) is 3.55. The number of benzene rings is 1. The average Bonchev–Trinajstić information content (AvgIpc) is 2.94. The molecule has 0 spiro atoms. The van der Waals surface area contributed by atoms with Crippen molar-refractivity contribution in [2.45, 2.75) is 26.4 Å². The van der Waals surface area contributed by atoms with Crippen LogP contribution in [-0.4, -0.2) is 38.3 Å². The first-order valence-electron chi connectivity index (χ1n) is 8.94. The number of fused-ring (bicyclic) bond motifs is 1. The highest BCUT2D eigenvalue weighted by atomic mass is 35.5. The Labute approximate surface area is 163 Å². The topological polar surface area (TPSA) is 56.1 Å². The van der Waals surface area contributed by atoms with Crippen LogP contribution in [-0.2, 0) is 26.6 Å². The highest BCUT2D eigenvalue weighted by Gasteiger charge is 2.22. The summed E-state index contributed by atoms with van der Waals surface area (Å²) in [5, 5.41) is 5.19. The number of methoxy groups -OCH3 is 1. The molecule has 7 heteroatoms. The van der Waals surface area contributed by atoms with Gasteiger partial charge < -0.3 is 4.74 Å². The van der Waals surface area contributed by atoms with Crippen molar-refractivity contribution in [3.8, 4) is 17.3 Å². The number of halogens is 1. The molecule has 0 saturated carbocycles. The van der Waals surface area contributed by atoms with Crippen LogP contribution in [0.5, 0.6) is 5.88 Å². The van der Waals surface area contributed by atoms with E-state index in [2.05, 4.69) is 15.0 Å². The Morgan fingerprint density at radius 2 is 2.00 bits per heavy atom. The zero-order valence-electron chi connectivity index (χ0n) is 15.7. The van der Waals surface area contributed by atoms with E-state index in [1.165, 1.54) is 5.56 Å². The number of ether oxygens (including phenoxy) is 1. The van der Waals surface area contributed by atoms with Crippen molar-refractivity contribution in [1.82, 2.24) is 24.6 Å². The molecule has 0 atom stereocenters. The standard InChI is InChI=1S/C20H22ClN5O/c1-13-17(20(27-3)25(2)24-13)12-26-9-8-18-15(11-26)10-22-19(23-18)14-4-6-16(21)7-5-14/h4-7,10H,8-9,11-12H2,1-3H3. The molecule has 3 aromatic rings. The minimum absolute atomic E-state index is 0.716. The SMILES string of the molecule is COc1c(CN2CCc3nc(-c4ccc(Cl)cc4)ncc3C2)c(C)nn1C. The smallest absolute Gasteiger partial charge is 0.216 e. The number of rotatable bonds is 4. The number of aryl methyl sites for hydroxylation is 2. The summed E-state index contributed by atoms with van der Waals surface area (Å²) in [5.74, 6) is 1.58. The van der Waals surface area contributed by atoms with Crippen LogP contribution < -0.4 is 4.74 Å². The largest absolute Gasteiger partial charge is 0.481 e. The number of nitrogens with zero attached hydrogens (tertiary/aromatic N) is 5. The van der Waals surface area contributed by atoms with E-state index in [-0.39, 0.29) is 0 Å². The fraction of sp³-hybridized carbons (Fsp3) is 0.350. The molecular formula is C20H22ClN5O. The van der Waals surface area contributed by atoms with Crippen molar-refractivity contribution >= 4 is 11.6 Å². The first-order chi connectivity index (χ1) is 13.0. The van der Waals surface area contributed by atoms with Crippen LogP contribution >= 0.6 is 11.6 Å². The summed E-state index contributed by atoms with van der Waals surface area (Å²) in [5.41, 5.74) is 5.44. The van der Waals surface area contributed by atoms with E-state index in [0.29, 0.717) is 5.02 Å². The summed E-state index contributed by atoms with van der Waals surface area (Å²) in [7, 11) is 3.60. The minimum Gasteiger partial charge on any atom is -0.481 e. The van der Waals surface area contributed by atoms with Crippen LogP contribution in [0.25, 0.3) is 11.4 Å². The molecule has 1 aliphatic heterocycles. The van der Waals surface area contributed by atoms with E-state index in [9.17, 15) is 0 Å². The van der Waals surface area contributed by atoms with Crippen molar-refractivity contribution in [3.05, 3.63) is 58.0 Å². The fourth-order valence-electron chi connectivity index (χ4n) is 3.59. The lowest BCUT2D eigenvalue weighted by atomic mass is 10.1. The number of hydrogen-bond acceptors (Lipinski definition) is 5.